The van der Waals surface area contributed by atoms with Gasteiger partial charge in [-0.15, -0.1) is 0 Å². The van der Waals surface area contributed by atoms with Gasteiger partial charge in [-0.25, -0.2) is 14.4 Å². The number of ether oxygens (including phenoxy) is 5. The second-order valence-corrected chi connectivity index (χ2v) is 8.98. The van der Waals surface area contributed by atoms with Crippen LogP contribution in [0.5, 0.6) is 23.0 Å². The van der Waals surface area contributed by atoms with Crippen LogP contribution in [0.1, 0.15) is 58.9 Å². The highest BCUT2D eigenvalue weighted by Gasteiger charge is 2.14. The summed E-state index contributed by atoms with van der Waals surface area (Å²) in [5, 5.41) is 0. The zero-order valence-electron chi connectivity index (χ0n) is 23.1. The average molecular weight is 561 g/mol. The first kappa shape index (κ1) is 30.6. The maximum Gasteiger partial charge on any atom is 0.343 e. The van der Waals surface area contributed by atoms with Gasteiger partial charge in [-0.3, -0.25) is 4.79 Å². The largest absolute Gasteiger partial charge is 0.494 e. The lowest BCUT2D eigenvalue weighted by molar-refractivity contribution is -0.138. The molecule has 0 spiro atoms. The Morgan fingerprint density at radius 2 is 1.24 bits per heavy atom. The van der Waals surface area contributed by atoms with Crippen LogP contribution in [-0.2, 0) is 14.3 Å². The Balaban J connectivity index is 1.42. The third-order valence-corrected chi connectivity index (χ3v) is 5.72. The molecule has 0 aliphatic heterocycles. The quantitative estimate of drug-likeness (QED) is 0.101. The first-order valence-electron chi connectivity index (χ1n) is 13.1. The number of aryl methyl sites for hydroxylation is 1. The fraction of sp³-hybridized carbons (Fsp3) is 0.250. The van der Waals surface area contributed by atoms with E-state index in [2.05, 4.69) is 6.58 Å². The standard InChI is InChI=1S/C32H32O9/c1-4-30(34)38-20-8-6-5-7-19-37-26-13-9-24(10-14-26)31(35)40-27-15-11-25(12-16-27)32(36)41-29-18-17-28(21-22(29)2)39-23(3)33/h4,9-18,21H,1,5-8,19-20H2,2-3H3. The van der Waals surface area contributed by atoms with Crippen molar-refractivity contribution in [3.05, 3.63) is 96.1 Å². The summed E-state index contributed by atoms with van der Waals surface area (Å²) >= 11 is 0. The number of hydrogen-bond acceptors (Lipinski definition) is 9. The highest BCUT2D eigenvalue weighted by atomic mass is 16.5. The minimum absolute atomic E-state index is 0.269. The van der Waals surface area contributed by atoms with Gasteiger partial charge in [0.2, 0.25) is 0 Å². The Kier molecular flexibility index (Phi) is 11.7. The van der Waals surface area contributed by atoms with Crippen LogP contribution < -0.4 is 18.9 Å². The number of carbonyl (C=O) groups excluding carboxylic acids is 4. The van der Waals surface area contributed by atoms with Crippen molar-refractivity contribution in [3.8, 4) is 23.0 Å². The second kappa shape index (κ2) is 15.6. The molecule has 0 N–H and O–H groups in total. The molecule has 0 fully saturated rings. The molecule has 9 nitrogen and oxygen atoms in total. The average Bonchev–Trinajstić information content (AvgIpc) is 2.96. The van der Waals surface area contributed by atoms with E-state index < -0.39 is 23.9 Å². The zero-order chi connectivity index (χ0) is 29.6. The van der Waals surface area contributed by atoms with E-state index in [1.807, 2.05) is 0 Å². The van der Waals surface area contributed by atoms with Gasteiger partial charge >= 0.3 is 23.9 Å². The van der Waals surface area contributed by atoms with E-state index in [9.17, 15) is 19.2 Å². The Labute approximate surface area is 238 Å². The second-order valence-electron chi connectivity index (χ2n) is 8.98. The molecule has 214 valence electrons. The van der Waals surface area contributed by atoms with Crippen molar-refractivity contribution in [3.63, 3.8) is 0 Å². The summed E-state index contributed by atoms with van der Waals surface area (Å²) in [4.78, 5) is 47.2. The first-order valence-corrected chi connectivity index (χ1v) is 13.1. The van der Waals surface area contributed by atoms with Crippen LogP contribution in [0.3, 0.4) is 0 Å². The van der Waals surface area contributed by atoms with Crippen molar-refractivity contribution >= 4 is 23.9 Å². The van der Waals surface area contributed by atoms with Gasteiger partial charge in [0, 0.05) is 13.0 Å². The van der Waals surface area contributed by atoms with E-state index in [0.29, 0.717) is 41.6 Å². The van der Waals surface area contributed by atoms with Crippen LogP contribution >= 0.6 is 0 Å². The van der Waals surface area contributed by atoms with E-state index in [0.717, 1.165) is 31.8 Å². The first-order chi connectivity index (χ1) is 19.7. The third kappa shape index (κ3) is 10.3. The molecule has 0 radical (unpaired) electrons. The van der Waals surface area contributed by atoms with Crippen LogP contribution in [0, 0.1) is 6.92 Å². The van der Waals surface area contributed by atoms with Crippen molar-refractivity contribution < 1.29 is 42.9 Å². The molecular formula is C32H32O9. The summed E-state index contributed by atoms with van der Waals surface area (Å²) in [6, 6.07) is 17.3. The van der Waals surface area contributed by atoms with Gasteiger partial charge in [0.25, 0.3) is 0 Å². The van der Waals surface area contributed by atoms with Gasteiger partial charge in [-0.05, 0) is 105 Å². The molecule has 0 atom stereocenters. The van der Waals surface area contributed by atoms with Crippen LogP contribution in [0.15, 0.2) is 79.4 Å². The predicted octanol–water partition coefficient (Wildman–Crippen LogP) is 6.03. The number of hydrogen-bond donors (Lipinski definition) is 0. The van der Waals surface area contributed by atoms with Gasteiger partial charge < -0.3 is 23.7 Å². The van der Waals surface area contributed by atoms with Crippen LogP contribution in [0.2, 0.25) is 0 Å². The van der Waals surface area contributed by atoms with E-state index >= 15 is 0 Å². The molecule has 0 saturated heterocycles. The number of benzene rings is 3. The van der Waals surface area contributed by atoms with Gasteiger partial charge in [0.05, 0.1) is 24.3 Å². The summed E-state index contributed by atoms with van der Waals surface area (Å²) in [5.41, 5.74) is 1.24. The van der Waals surface area contributed by atoms with Crippen molar-refractivity contribution in [2.75, 3.05) is 13.2 Å². The van der Waals surface area contributed by atoms with E-state index in [1.54, 1.807) is 43.3 Å². The highest BCUT2D eigenvalue weighted by Crippen LogP contribution is 2.25. The van der Waals surface area contributed by atoms with Gasteiger partial charge in [0.1, 0.15) is 23.0 Å². The van der Waals surface area contributed by atoms with E-state index in [1.165, 1.54) is 37.3 Å². The van der Waals surface area contributed by atoms with Crippen LogP contribution in [-0.4, -0.2) is 37.1 Å². The summed E-state index contributed by atoms with van der Waals surface area (Å²) in [6.45, 7) is 7.30. The highest BCUT2D eigenvalue weighted by molar-refractivity contribution is 5.93. The molecule has 0 saturated carbocycles. The molecule has 0 aliphatic rings. The topological polar surface area (TPSA) is 114 Å². The lowest BCUT2D eigenvalue weighted by Crippen LogP contribution is -2.11. The monoisotopic (exact) mass is 560 g/mol. The van der Waals surface area contributed by atoms with Gasteiger partial charge in [0.15, 0.2) is 0 Å². The summed E-state index contributed by atoms with van der Waals surface area (Å²) in [6.07, 6.45) is 4.66. The number of carbonyl (C=O) groups is 4. The molecule has 3 rings (SSSR count). The molecule has 0 unspecified atom stereocenters. The zero-order valence-corrected chi connectivity index (χ0v) is 23.1. The minimum Gasteiger partial charge on any atom is -0.494 e. The minimum atomic E-state index is -0.587. The Bertz CT molecular complexity index is 1360. The molecule has 9 heteroatoms. The van der Waals surface area contributed by atoms with E-state index in [-0.39, 0.29) is 11.3 Å². The summed E-state index contributed by atoms with van der Waals surface area (Å²) < 4.78 is 26.5. The molecule has 0 aliphatic carbocycles. The van der Waals surface area contributed by atoms with Gasteiger partial charge in [-0.1, -0.05) is 6.58 Å². The maximum atomic E-state index is 12.6. The summed E-state index contributed by atoms with van der Waals surface area (Å²) in [7, 11) is 0. The van der Waals surface area contributed by atoms with Gasteiger partial charge in [-0.2, -0.15) is 0 Å². The molecule has 0 heterocycles. The maximum absolute atomic E-state index is 12.6. The summed E-state index contributed by atoms with van der Waals surface area (Å²) in [5.74, 6) is -0.385. The third-order valence-electron chi connectivity index (χ3n) is 5.72. The predicted molar refractivity (Wildman–Crippen MR) is 150 cm³/mol. The number of unbranched alkanes of at least 4 members (excludes halogenated alkanes) is 3. The number of esters is 4. The lowest BCUT2D eigenvalue weighted by atomic mass is 10.2. The van der Waals surface area contributed by atoms with Crippen molar-refractivity contribution in [2.24, 2.45) is 0 Å². The molecule has 0 bridgehead atoms. The molecule has 41 heavy (non-hydrogen) atoms. The van der Waals surface area contributed by atoms with Crippen molar-refractivity contribution in [2.45, 2.75) is 39.5 Å². The van der Waals surface area contributed by atoms with Crippen molar-refractivity contribution in [1.82, 2.24) is 0 Å². The molecular weight excluding hydrogens is 528 g/mol. The fourth-order valence-corrected chi connectivity index (χ4v) is 3.62. The lowest BCUT2D eigenvalue weighted by Gasteiger charge is -2.10. The van der Waals surface area contributed by atoms with E-state index in [4.69, 9.17) is 23.7 Å². The smallest absolute Gasteiger partial charge is 0.343 e. The SMILES string of the molecule is C=CC(=O)OCCCCCCOc1ccc(C(=O)Oc2ccc(C(=O)Oc3ccc(OC(C)=O)cc3C)cc2)cc1. The Morgan fingerprint density at radius 1 is 0.683 bits per heavy atom. The molecule has 0 aromatic heterocycles. The van der Waals surface area contributed by atoms with Crippen LogP contribution in [0.25, 0.3) is 0 Å². The van der Waals surface area contributed by atoms with Crippen LogP contribution in [0.4, 0.5) is 0 Å². The normalized spacial score (nSPS) is 10.3. The molecule has 3 aromatic rings. The Morgan fingerprint density at radius 3 is 1.83 bits per heavy atom. The Hall–Kier alpha value is -4.92. The van der Waals surface area contributed by atoms with Crippen molar-refractivity contribution in [1.29, 1.82) is 0 Å². The molecule has 0 amide bonds. The number of rotatable bonds is 14. The molecule has 3 aromatic carbocycles. The fourth-order valence-electron chi connectivity index (χ4n) is 3.62.